The maximum Gasteiger partial charge on any atom is 0.412 e. The first-order valence-electron chi connectivity index (χ1n) is 9.15. The van der Waals surface area contributed by atoms with Crippen molar-refractivity contribution in [1.29, 1.82) is 0 Å². The number of nitrogens with zero attached hydrogens (tertiary/aromatic N) is 2. The van der Waals surface area contributed by atoms with Crippen molar-refractivity contribution in [3.63, 3.8) is 0 Å². The van der Waals surface area contributed by atoms with Gasteiger partial charge in [0.15, 0.2) is 0 Å². The summed E-state index contributed by atoms with van der Waals surface area (Å²) in [5.74, 6) is 0. The van der Waals surface area contributed by atoms with E-state index in [0.717, 1.165) is 31.6 Å². The maximum atomic E-state index is 12.0. The molecule has 1 fully saturated rings. The molecular formula is C19H32N4O3. The molecule has 7 nitrogen and oxygen atoms in total. The van der Waals surface area contributed by atoms with Crippen molar-refractivity contribution in [3.8, 4) is 0 Å². The number of ether oxygens (including phenoxy) is 1. The fourth-order valence-corrected chi connectivity index (χ4v) is 3.17. The van der Waals surface area contributed by atoms with Gasteiger partial charge >= 0.3 is 6.09 Å². The minimum absolute atomic E-state index is 0.189. The van der Waals surface area contributed by atoms with Crippen LogP contribution in [-0.2, 0) is 4.74 Å². The van der Waals surface area contributed by atoms with Gasteiger partial charge in [-0.2, -0.15) is 0 Å². The zero-order chi connectivity index (χ0) is 19.3. The average molecular weight is 364 g/mol. The van der Waals surface area contributed by atoms with Crippen molar-refractivity contribution in [3.05, 3.63) is 18.2 Å². The zero-order valence-corrected chi connectivity index (χ0v) is 16.3. The lowest BCUT2D eigenvalue weighted by Gasteiger charge is -2.37. The molecule has 0 aromatic heterocycles. The molecule has 146 valence electrons. The van der Waals surface area contributed by atoms with Crippen molar-refractivity contribution in [2.75, 3.05) is 49.2 Å². The molecule has 1 aromatic rings. The summed E-state index contributed by atoms with van der Waals surface area (Å²) in [7, 11) is 2.06. The Labute approximate surface area is 156 Å². The lowest BCUT2D eigenvalue weighted by atomic mass is 10.0. The number of nitrogen functional groups attached to an aromatic ring is 1. The summed E-state index contributed by atoms with van der Waals surface area (Å²) >= 11 is 0. The first kappa shape index (κ1) is 20.3. The minimum Gasteiger partial charge on any atom is -0.444 e. The summed E-state index contributed by atoms with van der Waals surface area (Å²) in [6.07, 6.45) is 1.57. The van der Waals surface area contributed by atoms with E-state index >= 15 is 0 Å². The molecule has 0 radical (unpaired) electrons. The van der Waals surface area contributed by atoms with Crippen LogP contribution in [0.3, 0.4) is 0 Å². The van der Waals surface area contributed by atoms with E-state index in [0.29, 0.717) is 24.0 Å². The number of hydrogen-bond acceptors (Lipinski definition) is 6. The lowest BCUT2D eigenvalue weighted by molar-refractivity contribution is 0.0636. The molecular weight excluding hydrogens is 332 g/mol. The van der Waals surface area contributed by atoms with Crippen LogP contribution in [-0.4, -0.2) is 61.0 Å². The number of aliphatic hydroxyl groups excluding tert-OH is 1. The molecule has 0 bridgehead atoms. The highest BCUT2D eigenvalue weighted by Gasteiger charge is 2.23. The molecule has 1 amide bonds. The number of amides is 1. The van der Waals surface area contributed by atoms with Crippen LogP contribution in [0.2, 0.25) is 0 Å². The van der Waals surface area contributed by atoms with Crippen LogP contribution in [0.15, 0.2) is 18.2 Å². The molecule has 1 aliphatic rings. The topological polar surface area (TPSA) is 91.1 Å². The zero-order valence-electron chi connectivity index (χ0n) is 16.3. The van der Waals surface area contributed by atoms with E-state index in [9.17, 15) is 4.79 Å². The third-order valence-electron chi connectivity index (χ3n) is 4.58. The van der Waals surface area contributed by atoms with E-state index in [1.54, 1.807) is 0 Å². The van der Waals surface area contributed by atoms with Crippen molar-refractivity contribution < 1.29 is 14.6 Å². The summed E-state index contributed by atoms with van der Waals surface area (Å²) in [5.41, 5.74) is 7.56. The van der Waals surface area contributed by atoms with Gasteiger partial charge in [-0.3, -0.25) is 5.32 Å². The molecule has 1 heterocycles. The number of carbonyl (C=O) groups is 1. The van der Waals surface area contributed by atoms with Crippen LogP contribution in [0.4, 0.5) is 21.9 Å². The number of rotatable bonds is 5. The van der Waals surface area contributed by atoms with Crippen molar-refractivity contribution >= 4 is 23.2 Å². The van der Waals surface area contributed by atoms with Crippen LogP contribution >= 0.6 is 0 Å². The Bertz CT molecular complexity index is 607. The third-order valence-corrected chi connectivity index (χ3v) is 4.58. The van der Waals surface area contributed by atoms with Gasteiger partial charge in [-0.05, 0) is 58.9 Å². The summed E-state index contributed by atoms with van der Waals surface area (Å²) in [6.45, 7) is 8.22. The van der Waals surface area contributed by atoms with E-state index < -0.39 is 11.7 Å². The number of anilines is 3. The Hall–Kier alpha value is -1.99. The second-order valence-electron chi connectivity index (χ2n) is 7.82. The summed E-state index contributed by atoms with van der Waals surface area (Å²) in [6, 6.07) is 6.18. The van der Waals surface area contributed by atoms with Gasteiger partial charge in [0.05, 0.1) is 18.0 Å². The van der Waals surface area contributed by atoms with Crippen LogP contribution in [0.25, 0.3) is 0 Å². The highest BCUT2D eigenvalue weighted by Crippen LogP contribution is 2.29. The van der Waals surface area contributed by atoms with Crippen LogP contribution < -0.4 is 16.0 Å². The molecule has 1 saturated heterocycles. The van der Waals surface area contributed by atoms with E-state index in [1.807, 2.05) is 39.0 Å². The molecule has 1 aliphatic heterocycles. The number of hydrogen-bond donors (Lipinski definition) is 3. The second kappa shape index (κ2) is 8.60. The lowest BCUT2D eigenvalue weighted by Crippen LogP contribution is -2.44. The quantitative estimate of drug-likeness (QED) is 0.696. The molecule has 26 heavy (non-hydrogen) atoms. The molecule has 0 atom stereocenters. The Morgan fingerprint density at radius 1 is 1.38 bits per heavy atom. The van der Waals surface area contributed by atoms with Gasteiger partial charge < -0.3 is 25.4 Å². The fraction of sp³-hybridized carbons (Fsp3) is 0.632. The van der Waals surface area contributed by atoms with Crippen molar-refractivity contribution in [1.82, 2.24) is 4.90 Å². The molecule has 1 aromatic carbocycles. The Morgan fingerprint density at radius 2 is 2.04 bits per heavy atom. The highest BCUT2D eigenvalue weighted by molar-refractivity contribution is 5.90. The Balaban J connectivity index is 2.00. The number of carbonyl (C=O) groups excluding carboxylic acids is 1. The van der Waals surface area contributed by atoms with Gasteiger partial charge in [0.25, 0.3) is 0 Å². The number of likely N-dealkylation sites (N-methyl/N-ethyl adjacent to an activating group) is 1. The molecule has 4 N–H and O–H groups in total. The summed E-state index contributed by atoms with van der Waals surface area (Å²) < 4.78 is 5.30. The third kappa shape index (κ3) is 5.78. The molecule has 0 unspecified atom stereocenters. The predicted molar refractivity (Wildman–Crippen MR) is 106 cm³/mol. The summed E-state index contributed by atoms with van der Waals surface area (Å²) in [5, 5.41) is 11.8. The van der Waals surface area contributed by atoms with Crippen LogP contribution in [0, 0.1) is 0 Å². The van der Waals surface area contributed by atoms with Gasteiger partial charge in [-0.25, -0.2) is 4.79 Å². The maximum absolute atomic E-state index is 12.0. The molecule has 0 aliphatic carbocycles. The fourth-order valence-electron chi connectivity index (χ4n) is 3.17. The monoisotopic (exact) mass is 364 g/mol. The molecule has 0 spiro atoms. The summed E-state index contributed by atoms with van der Waals surface area (Å²) in [4.78, 5) is 16.5. The van der Waals surface area contributed by atoms with E-state index in [4.69, 9.17) is 15.6 Å². The molecule has 7 heteroatoms. The first-order chi connectivity index (χ1) is 12.2. The molecule has 2 rings (SSSR count). The van der Waals surface area contributed by atoms with Gasteiger partial charge in [0, 0.05) is 31.4 Å². The number of nitrogens with two attached hydrogens (primary N) is 1. The highest BCUT2D eigenvalue weighted by atomic mass is 16.6. The number of benzene rings is 1. The van der Waals surface area contributed by atoms with Crippen molar-refractivity contribution in [2.24, 2.45) is 0 Å². The molecule has 0 saturated carbocycles. The SMILES string of the molecule is CN(CCO)C1CCN(c2ccc(N)c(NC(=O)OC(C)(C)C)c2)CC1. The van der Waals surface area contributed by atoms with Crippen LogP contribution in [0.1, 0.15) is 33.6 Å². The number of piperidine rings is 1. The van der Waals surface area contributed by atoms with Gasteiger partial charge in [-0.15, -0.1) is 0 Å². The first-order valence-corrected chi connectivity index (χ1v) is 9.15. The average Bonchev–Trinajstić information content (AvgIpc) is 2.55. The second-order valence-corrected chi connectivity index (χ2v) is 7.82. The number of aliphatic hydroxyl groups is 1. The van der Waals surface area contributed by atoms with Crippen molar-refractivity contribution in [2.45, 2.75) is 45.3 Å². The van der Waals surface area contributed by atoms with E-state index in [1.165, 1.54) is 0 Å². The van der Waals surface area contributed by atoms with Gasteiger partial charge in [0.2, 0.25) is 0 Å². The smallest absolute Gasteiger partial charge is 0.412 e. The number of nitrogens with one attached hydrogen (secondary N) is 1. The van der Waals surface area contributed by atoms with E-state index in [2.05, 4.69) is 22.2 Å². The van der Waals surface area contributed by atoms with Gasteiger partial charge in [-0.1, -0.05) is 0 Å². The van der Waals surface area contributed by atoms with Gasteiger partial charge in [0.1, 0.15) is 5.60 Å². The van der Waals surface area contributed by atoms with E-state index in [-0.39, 0.29) is 6.61 Å². The standard InChI is InChI=1S/C19H32N4O3/c1-19(2,3)26-18(25)21-17-13-15(5-6-16(17)20)23-9-7-14(8-10-23)22(4)11-12-24/h5-6,13-14,24H,7-12,20H2,1-4H3,(H,21,25). The Kier molecular flexibility index (Phi) is 6.72. The predicted octanol–water partition coefficient (Wildman–Crippen LogP) is 2.51. The minimum atomic E-state index is -0.557. The normalized spacial score (nSPS) is 16.0. The largest absolute Gasteiger partial charge is 0.444 e. The van der Waals surface area contributed by atoms with Crippen LogP contribution in [0.5, 0.6) is 0 Å². The Morgan fingerprint density at radius 3 is 2.62 bits per heavy atom.